The monoisotopic (exact) mass is 293 g/mol. The molecule has 0 aliphatic rings. The Labute approximate surface area is 124 Å². The molecule has 1 unspecified atom stereocenters. The predicted molar refractivity (Wildman–Crippen MR) is 82.0 cm³/mol. The average molecular weight is 293 g/mol. The van der Waals surface area contributed by atoms with Crippen LogP contribution in [-0.4, -0.2) is 25.7 Å². The molecule has 0 saturated carbocycles. The molecule has 6 heteroatoms. The van der Waals surface area contributed by atoms with Gasteiger partial charge in [-0.3, -0.25) is 0 Å². The average Bonchev–Trinajstić information content (AvgIpc) is 3.05. The summed E-state index contributed by atoms with van der Waals surface area (Å²) in [5.74, 6) is 1.43. The minimum absolute atomic E-state index is 0.0824. The lowest BCUT2D eigenvalue weighted by Gasteiger charge is -2.19. The van der Waals surface area contributed by atoms with Gasteiger partial charge in [0.2, 0.25) is 0 Å². The van der Waals surface area contributed by atoms with Gasteiger partial charge < -0.3 is 9.88 Å². The lowest BCUT2D eigenvalue weighted by atomic mass is 10.1. The summed E-state index contributed by atoms with van der Waals surface area (Å²) in [6.07, 6.45) is 5.02. The van der Waals surface area contributed by atoms with Crippen molar-refractivity contribution in [2.45, 2.75) is 52.6 Å². The van der Waals surface area contributed by atoms with E-state index in [2.05, 4.69) is 52.1 Å². The molecule has 0 spiro atoms. The lowest BCUT2D eigenvalue weighted by molar-refractivity contribution is 0.544. The van der Waals surface area contributed by atoms with Crippen molar-refractivity contribution in [3.8, 4) is 0 Å². The van der Waals surface area contributed by atoms with Crippen LogP contribution in [-0.2, 0) is 6.54 Å². The van der Waals surface area contributed by atoms with E-state index in [1.807, 2.05) is 12.4 Å². The maximum atomic E-state index is 4.56. The summed E-state index contributed by atoms with van der Waals surface area (Å²) < 4.78 is 6.37. The Kier molecular flexibility index (Phi) is 5.25. The summed E-state index contributed by atoms with van der Waals surface area (Å²) in [5.41, 5.74) is 1.08. The van der Waals surface area contributed by atoms with Gasteiger partial charge in [0.1, 0.15) is 11.9 Å². The van der Waals surface area contributed by atoms with E-state index < -0.39 is 0 Å². The zero-order valence-electron chi connectivity index (χ0n) is 12.6. The number of nitrogens with one attached hydrogen (secondary N) is 1. The van der Waals surface area contributed by atoms with Crippen molar-refractivity contribution in [2.24, 2.45) is 0 Å². The van der Waals surface area contributed by atoms with Crippen LogP contribution >= 0.6 is 11.5 Å². The maximum absolute atomic E-state index is 4.56. The van der Waals surface area contributed by atoms with Crippen molar-refractivity contribution in [2.75, 3.05) is 6.54 Å². The number of hydrogen-bond acceptors (Lipinski definition) is 5. The third kappa shape index (κ3) is 3.07. The molecular formula is C14H23N5S. The lowest BCUT2D eigenvalue weighted by Crippen LogP contribution is -2.25. The van der Waals surface area contributed by atoms with E-state index in [0.29, 0.717) is 5.92 Å². The van der Waals surface area contributed by atoms with Crippen molar-refractivity contribution in [1.29, 1.82) is 0 Å². The molecular weight excluding hydrogens is 270 g/mol. The number of rotatable bonds is 7. The first-order chi connectivity index (χ1) is 9.69. The van der Waals surface area contributed by atoms with Crippen LogP contribution in [0.4, 0.5) is 0 Å². The fraction of sp³-hybridized carbons (Fsp3) is 0.643. The number of aryl methyl sites for hydroxylation is 1. The van der Waals surface area contributed by atoms with E-state index in [-0.39, 0.29) is 6.04 Å². The fourth-order valence-corrected chi connectivity index (χ4v) is 3.20. The Morgan fingerprint density at radius 1 is 1.35 bits per heavy atom. The molecule has 0 radical (unpaired) electrons. The number of nitrogens with zero attached hydrogens (tertiary/aromatic N) is 4. The first kappa shape index (κ1) is 15.1. The van der Waals surface area contributed by atoms with E-state index >= 15 is 0 Å². The molecule has 5 nitrogen and oxygen atoms in total. The minimum atomic E-state index is 0.0824. The summed E-state index contributed by atoms with van der Waals surface area (Å²) in [7, 11) is 0. The van der Waals surface area contributed by atoms with Crippen LogP contribution in [0.25, 0.3) is 0 Å². The van der Waals surface area contributed by atoms with Crippen LogP contribution in [0.15, 0.2) is 12.4 Å². The Hall–Kier alpha value is -1.27. The Bertz CT molecular complexity index is 531. The van der Waals surface area contributed by atoms with Crippen LogP contribution in [0.5, 0.6) is 0 Å². The molecule has 1 N–H and O–H groups in total. The van der Waals surface area contributed by atoms with Crippen LogP contribution < -0.4 is 5.32 Å². The highest BCUT2D eigenvalue weighted by Crippen LogP contribution is 2.30. The molecule has 20 heavy (non-hydrogen) atoms. The van der Waals surface area contributed by atoms with Crippen LogP contribution in [0.3, 0.4) is 0 Å². The normalized spacial score (nSPS) is 13.1. The van der Waals surface area contributed by atoms with Crippen molar-refractivity contribution in [1.82, 2.24) is 24.5 Å². The van der Waals surface area contributed by atoms with E-state index in [1.165, 1.54) is 16.4 Å². The largest absolute Gasteiger partial charge is 0.333 e. The van der Waals surface area contributed by atoms with E-state index in [1.54, 1.807) is 0 Å². The first-order valence-electron chi connectivity index (χ1n) is 7.25. The van der Waals surface area contributed by atoms with Gasteiger partial charge in [0.25, 0.3) is 0 Å². The summed E-state index contributed by atoms with van der Waals surface area (Å²) in [4.78, 5) is 5.75. The second kappa shape index (κ2) is 6.95. The standard InChI is InChI=1S/C14H23N5S/c1-5-8-19-9-7-16-14(19)12(15-6-2)13-11(10(3)4)17-18-20-13/h7,9-10,12,15H,5-6,8H2,1-4H3. The highest BCUT2D eigenvalue weighted by molar-refractivity contribution is 7.05. The minimum Gasteiger partial charge on any atom is -0.333 e. The topological polar surface area (TPSA) is 55.6 Å². The molecule has 0 aliphatic heterocycles. The van der Waals surface area contributed by atoms with Crippen molar-refractivity contribution >= 4 is 11.5 Å². The Morgan fingerprint density at radius 2 is 2.15 bits per heavy atom. The summed E-state index contributed by atoms with van der Waals surface area (Å²) in [6.45, 7) is 10.5. The molecule has 0 fully saturated rings. The molecule has 2 aromatic heterocycles. The van der Waals surface area contributed by atoms with Gasteiger partial charge in [0.15, 0.2) is 0 Å². The zero-order valence-corrected chi connectivity index (χ0v) is 13.4. The molecule has 1 atom stereocenters. The quantitative estimate of drug-likeness (QED) is 0.852. The van der Waals surface area contributed by atoms with Crippen LogP contribution in [0.1, 0.15) is 62.5 Å². The summed E-state index contributed by atoms with van der Waals surface area (Å²) >= 11 is 1.47. The van der Waals surface area contributed by atoms with Gasteiger partial charge >= 0.3 is 0 Å². The summed E-state index contributed by atoms with van der Waals surface area (Å²) in [6, 6.07) is 0.0824. The molecule has 0 aromatic carbocycles. The second-order valence-electron chi connectivity index (χ2n) is 5.15. The van der Waals surface area contributed by atoms with Gasteiger partial charge in [-0.25, -0.2) is 4.98 Å². The van der Waals surface area contributed by atoms with Gasteiger partial charge in [0.05, 0.1) is 10.6 Å². The highest BCUT2D eigenvalue weighted by Gasteiger charge is 2.25. The van der Waals surface area contributed by atoms with Gasteiger partial charge in [-0.15, -0.1) is 5.10 Å². The first-order valence-corrected chi connectivity index (χ1v) is 8.02. The molecule has 0 saturated heterocycles. The Balaban J connectivity index is 2.40. The maximum Gasteiger partial charge on any atom is 0.131 e. The molecule has 0 amide bonds. The van der Waals surface area contributed by atoms with Crippen molar-refractivity contribution < 1.29 is 0 Å². The van der Waals surface area contributed by atoms with Crippen molar-refractivity contribution in [3.63, 3.8) is 0 Å². The van der Waals surface area contributed by atoms with E-state index in [4.69, 9.17) is 0 Å². The SMILES string of the molecule is CCCn1ccnc1C(NCC)c1snnc1C(C)C. The van der Waals surface area contributed by atoms with Gasteiger partial charge in [-0.1, -0.05) is 32.2 Å². The summed E-state index contributed by atoms with van der Waals surface area (Å²) in [5, 5.41) is 7.82. The third-order valence-electron chi connectivity index (χ3n) is 3.23. The van der Waals surface area contributed by atoms with Crippen LogP contribution in [0, 0.1) is 0 Å². The smallest absolute Gasteiger partial charge is 0.131 e. The molecule has 0 aliphatic carbocycles. The molecule has 110 valence electrons. The molecule has 0 bridgehead atoms. The van der Waals surface area contributed by atoms with Gasteiger partial charge in [-0.2, -0.15) is 0 Å². The fourth-order valence-electron chi connectivity index (χ4n) is 2.32. The third-order valence-corrected chi connectivity index (χ3v) is 4.03. The molecule has 2 rings (SSSR count). The highest BCUT2D eigenvalue weighted by atomic mass is 32.1. The van der Waals surface area contributed by atoms with Crippen LogP contribution in [0.2, 0.25) is 0 Å². The van der Waals surface area contributed by atoms with Crippen molar-refractivity contribution in [3.05, 3.63) is 28.8 Å². The zero-order chi connectivity index (χ0) is 14.5. The van der Waals surface area contributed by atoms with Gasteiger partial charge in [-0.05, 0) is 30.4 Å². The Morgan fingerprint density at radius 3 is 2.80 bits per heavy atom. The van der Waals surface area contributed by atoms with E-state index in [0.717, 1.165) is 31.0 Å². The molecule has 2 heterocycles. The predicted octanol–water partition coefficient (Wildman–Crippen LogP) is 2.97. The number of aromatic nitrogens is 4. The number of hydrogen-bond donors (Lipinski definition) is 1. The van der Waals surface area contributed by atoms with E-state index in [9.17, 15) is 0 Å². The number of imidazole rings is 1. The molecule has 2 aromatic rings. The second-order valence-corrected chi connectivity index (χ2v) is 5.93. The van der Waals surface area contributed by atoms with Gasteiger partial charge in [0, 0.05) is 18.9 Å².